The fraction of sp³-hybridized carbons (Fsp3) is 0.433. The van der Waals surface area contributed by atoms with E-state index < -0.39 is 0 Å². The number of fused-ring (bicyclic) bond motifs is 2. The molecule has 8 nitrogen and oxygen atoms in total. The molecule has 0 bridgehead atoms. The van der Waals surface area contributed by atoms with Gasteiger partial charge in [-0.1, -0.05) is 19.9 Å². The lowest BCUT2D eigenvalue weighted by molar-refractivity contribution is 0.266. The van der Waals surface area contributed by atoms with Gasteiger partial charge in [0.2, 0.25) is 0 Å². The molecular formula is C30H44N8. The van der Waals surface area contributed by atoms with Gasteiger partial charge >= 0.3 is 0 Å². The Morgan fingerprint density at radius 1 is 0.921 bits per heavy atom. The molecule has 0 aliphatic rings. The monoisotopic (exact) mass is 516 g/mol. The minimum atomic E-state index is 0.646. The Balaban J connectivity index is 0.000000212. The molecular weight excluding hydrogens is 472 g/mol. The Kier molecular flexibility index (Phi) is 10.9. The Morgan fingerprint density at radius 2 is 1.53 bits per heavy atom. The summed E-state index contributed by atoms with van der Waals surface area (Å²) in [5.74, 6) is 0. The van der Waals surface area contributed by atoms with Gasteiger partial charge in [0.25, 0.3) is 0 Å². The molecule has 38 heavy (non-hydrogen) atoms. The van der Waals surface area contributed by atoms with E-state index >= 15 is 0 Å². The molecule has 0 aliphatic carbocycles. The summed E-state index contributed by atoms with van der Waals surface area (Å²) in [4.78, 5) is 17.5. The summed E-state index contributed by atoms with van der Waals surface area (Å²) >= 11 is 0. The molecule has 4 rings (SSSR count). The summed E-state index contributed by atoms with van der Waals surface area (Å²) in [6.07, 6.45) is 12.8. The van der Waals surface area contributed by atoms with Gasteiger partial charge in [0.05, 0.1) is 29.3 Å². The second-order valence-corrected chi connectivity index (χ2v) is 9.73. The normalized spacial score (nSPS) is 11.6. The summed E-state index contributed by atoms with van der Waals surface area (Å²) < 4.78 is 4.14. The average molecular weight is 517 g/mol. The zero-order valence-electron chi connectivity index (χ0n) is 24.0. The topological polar surface area (TPSA) is 65.5 Å². The number of rotatable bonds is 12. The molecule has 0 aliphatic heterocycles. The zero-order valence-corrected chi connectivity index (χ0v) is 24.0. The molecule has 1 N–H and O–H groups in total. The van der Waals surface area contributed by atoms with E-state index in [2.05, 4.69) is 86.5 Å². The summed E-state index contributed by atoms with van der Waals surface area (Å²) in [7, 11) is 2.02. The predicted octanol–water partition coefficient (Wildman–Crippen LogP) is 5.81. The molecule has 0 amide bonds. The highest BCUT2D eigenvalue weighted by atomic mass is 15.1. The number of anilines is 1. The lowest BCUT2D eigenvalue weighted by Crippen LogP contribution is -2.25. The van der Waals surface area contributed by atoms with Crippen LogP contribution < -0.4 is 5.32 Å². The van der Waals surface area contributed by atoms with E-state index in [1.54, 1.807) is 0 Å². The van der Waals surface area contributed by atoms with E-state index in [4.69, 9.17) is 0 Å². The summed E-state index contributed by atoms with van der Waals surface area (Å²) in [6, 6.07) is 8.32. The number of imidazole rings is 2. The summed E-state index contributed by atoms with van der Waals surface area (Å²) in [5, 5.41) is 3.35. The van der Waals surface area contributed by atoms with Crippen LogP contribution in [0.3, 0.4) is 0 Å². The van der Waals surface area contributed by atoms with Gasteiger partial charge in [-0.25, -0.2) is 9.97 Å². The van der Waals surface area contributed by atoms with Gasteiger partial charge in [0.1, 0.15) is 11.3 Å². The van der Waals surface area contributed by atoms with E-state index in [0.29, 0.717) is 6.54 Å². The lowest BCUT2D eigenvalue weighted by Gasteiger charge is -2.20. The fourth-order valence-corrected chi connectivity index (χ4v) is 4.32. The lowest BCUT2D eigenvalue weighted by atomic mass is 10.2. The second kappa shape index (κ2) is 14.3. The van der Waals surface area contributed by atoms with Crippen molar-refractivity contribution in [3.63, 3.8) is 0 Å². The molecule has 4 aromatic heterocycles. The van der Waals surface area contributed by atoms with Crippen molar-refractivity contribution in [1.82, 2.24) is 28.6 Å². The van der Waals surface area contributed by atoms with Crippen LogP contribution in [0.4, 0.5) is 5.69 Å². The van der Waals surface area contributed by atoms with Gasteiger partial charge in [0, 0.05) is 51.1 Å². The van der Waals surface area contributed by atoms with Crippen LogP contribution in [-0.4, -0.2) is 68.5 Å². The first-order valence-corrected chi connectivity index (χ1v) is 13.6. The largest absolute Gasteiger partial charge is 0.379 e. The van der Waals surface area contributed by atoms with E-state index in [1.807, 2.05) is 56.0 Å². The smallest absolute Gasteiger partial charge is 0.137 e. The van der Waals surface area contributed by atoms with Gasteiger partial charge in [-0.2, -0.15) is 0 Å². The molecule has 4 aromatic rings. The van der Waals surface area contributed by atoms with Crippen LogP contribution >= 0.6 is 0 Å². The van der Waals surface area contributed by atoms with Crippen LogP contribution in [-0.2, 0) is 6.54 Å². The van der Waals surface area contributed by atoms with E-state index in [9.17, 15) is 0 Å². The van der Waals surface area contributed by atoms with Crippen LogP contribution in [0, 0.1) is 13.8 Å². The molecule has 0 radical (unpaired) electrons. The number of hydrogen-bond donors (Lipinski definition) is 1. The van der Waals surface area contributed by atoms with Crippen molar-refractivity contribution in [2.24, 2.45) is 4.99 Å². The van der Waals surface area contributed by atoms with Crippen molar-refractivity contribution >= 4 is 23.7 Å². The van der Waals surface area contributed by atoms with Crippen molar-refractivity contribution in [3.8, 4) is 0 Å². The second-order valence-electron chi connectivity index (χ2n) is 9.73. The third-order valence-electron chi connectivity index (χ3n) is 6.24. The van der Waals surface area contributed by atoms with Crippen molar-refractivity contribution in [2.75, 3.05) is 38.5 Å². The maximum Gasteiger partial charge on any atom is 0.137 e. The number of nitrogens with zero attached hydrogens (tertiary/aromatic N) is 7. The number of aromatic nitrogens is 4. The molecule has 204 valence electrons. The maximum atomic E-state index is 4.46. The minimum Gasteiger partial charge on any atom is -0.379 e. The van der Waals surface area contributed by atoms with Gasteiger partial charge in [-0.3, -0.25) is 9.89 Å². The van der Waals surface area contributed by atoms with Crippen LogP contribution in [0.1, 0.15) is 50.6 Å². The number of hydrogen-bond acceptors (Lipinski definition) is 6. The molecule has 0 unspecified atom stereocenters. The Hall–Kier alpha value is -3.65. The highest BCUT2D eigenvalue weighted by molar-refractivity contribution is 5.51. The summed E-state index contributed by atoms with van der Waals surface area (Å²) in [6.45, 7) is 19.2. The molecule has 0 aromatic carbocycles. The van der Waals surface area contributed by atoms with Crippen LogP contribution in [0.2, 0.25) is 0 Å². The Labute approximate surface area is 227 Å². The highest BCUT2D eigenvalue weighted by Gasteiger charge is 2.06. The third-order valence-corrected chi connectivity index (χ3v) is 6.24. The van der Waals surface area contributed by atoms with Crippen LogP contribution in [0.15, 0.2) is 65.9 Å². The van der Waals surface area contributed by atoms with Crippen molar-refractivity contribution in [1.29, 1.82) is 0 Å². The first-order valence-electron chi connectivity index (χ1n) is 13.6. The predicted molar refractivity (Wildman–Crippen MR) is 160 cm³/mol. The molecule has 8 heteroatoms. The van der Waals surface area contributed by atoms with E-state index in [0.717, 1.165) is 47.2 Å². The molecule has 0 saturated heterocycles. The molecule has 0 saturated carbocycles. The maximum absolute atomic E-state index is 4.46. The van der Waals surface area contributed by atoms with E-state index in [-0.39, 0.29) is 0 Å². The van der Waals surface area contributed by atoms with Crippen molar-refractivity contribution in [3.05, 3.63) is 77.9 Å². The first kappa shape index (κ1) is 28.9. The highest BCUT2D eigenvalue weighted by Crippen LogP contribution is 2.13. The number of pyridine rings is 2. The van der Waals surface area contributed by atoms with Gasteiger partial charge < -0.3 is 19.0 Å². The standard InChI is InChI=1S/C15H21N5.C15H23N3/c1-5-19(4)10-14(16-3)8-17-13-6-7-15-18-12(2)9-20(15)11-13;1-4-8-17(9-5-2)11-14-6-7-15-16-13(3)10-18(15)12-14/h6-7,9-11,17H,3,5,8H2,1-2,4H3;6-7,10,12H,4-5,8-9,11H2,1-3H3/b14-10-;. The number of aliphatic imine (C=N–C) groups is 1. The molecule has 0 atom stereocenters. The fourth-order valence-electron chi connectivity index (χ4n) is 4.32. The Bertz CT molecular complexity index is 1330. The number of aryl methyl sites for hydroxylation is 2. The average Bonchev–Trinajstić information content (AvgIpc) is 3.46. The molecule has 4 heterocycles. The van der Waals surface area contributed by atoms with Crippen LogP contribution in [0.5, 0.6) is 0 Å². The number of nitrogens with one attached hydrogen (secondary N) is 1. The third kappa shape index (κ3) is 8.45. The summed E-state index contributed by atoms with van der Waals surface area (Å²) in [5.41, 5.74) is 7.39. The SMILES string of the molecule is C=N/C(=C\N(C)CC)CNc1ccc2nc(C)cn2c1.CCCN(CCC)Cc1ccc2nc(C)cn2c1. The quantitative estimate of drug-likeness (QED) is 0.241. The van der Waals surface area contributed by atoms with Crippen molar-refractivity contribution in [2.45, 2.75) is 54.0 Å². The van der Waals surface area contributed by atoms with Crippen molar-refractivity contribution < 1.29 is 0 Å². The first-order chi connectivity index (χ1) is 18.3. The molecule has 0 fully saturated rings. The van der Waals surface area contributed by atoms with Crippen LogP contribution in [0.25, 0.3) is 11.3 Å². The minimum absolute atomic E-state index is 0.646. The van der Waals surface area contributed by atoms with Gasteiger partial charge in [0.15, 0.2) is 0 Å². The zero-order chi connectivity index (χ0) is 27.5. The van der Waals surface area contributed by atoms with Gasteiger partial charge in [-0.15, -0.1) is 0 Å². The Morgan fingerprint density at radius 3 is 2.11 bits per heavy atom. The van der Waals surface area contributed by atoms with Gasteiger partial charge in [-0.05, 0) is 77.2 Å². The molecule has 0 spiro atoms. The van der Waals surface area contributed by atoms with E-state index in [1.165, 1.54) is 31.5 Å².